The Labute approximate surface area is 446 Å². The smallest absolute Gasteiger partial charge is 0.417 e. The van der Waals surface area contributed by atoms with Crippen LogP contribution in [0.3, 0.4) is 0 Å². The average Bonchev–Trinajstić information content (AvgIpc) is 4.11. The van der Waals surface area contributed by atoms with Crippen LogP contribution in [-0.2, 0) is 52.6 Å². The number of rotatable bonds is 12. The van der Waals surface area contributed by atoms with Crippen LogP contribution < -0.4 is 0 Å². The Balaban J connectivity index is 0.000000191. The molecule has 0 unspecified atom stereocenters. The van der Waals surface area contributed by atoms with Gasteiger partial charge in [0, 0.05) is 61.5 Å². The second-order valence-corrected chi connectivity index (χ2v) is 20.5. The third kappa shape index (κ3) is 13.1. The van der Waals surface area contributed by atoms with Crippen LogP contribution >= 0.6 is 0 Å². The highest BCUT2D eigenvalue weighted by atomic mass is 19.4. The lowest BCUT2D eigenvalue weighted by molar-refractivity contribution is -0.155. The van der Waals surface area contributed by atoms with Crippen molar-refractivity contribution < 1.29 is 54.8 Å². The number of alkyl halides is 6. The molecular weight excluding hydrogens is 1010 g/mol. The SMILES string of the molecule is Cc1ccccc1-c1ccc(-c2nc(-c3ccc4c(c3)CN(CCC(=O)O)CC4)no2)cc1C(F)(F)F.Cc1ccccc1-c1ccc(-c2nc(-c3ccc4c(c3)CN(CCC(=O)OC(C)(C)C)CC4)no2)cc1C(F)(F)F. The summed E-state index contributed by atoms with van der Waals surface area (Å²) in [6, 6.07) is 33.7. The number of carboxylic acids is 1. The lowest BCUT2D eigenvalue weighted by atomic mass is 9.94. The minimum Gasteiger partial charge on any atom is -0.481 e. The van der Waals surface area contributed by atoms with E-state index in [1.807, 2.05) is 57.2 Å². The number of esters is 1. The molecule has 12 nitrogen and oxygen atoms in total. The van der Waals surface area contributed by atoms with Gasteiger partial charge in [-0.25, -0.2) is 0 Å². The summed E-state index contributed by atoms with van der Waals surface area (Å²) in [5.74, 6) is -0.477. The number of aliphatic carboxylic acids is 1. The molecule has 0 saturated heterocycles. The van der Waals surface area contributed by atoms with E-state index in [9.17, 15) is 35.9 Å². The lowest BCUT2D eigenvalue weighted by Gasteiger charge is -2.29. The Hall–Kier alpha value is -7.96. The first-order valence-corrected chi connectivity index (χ1v) is 25.4. The number of benzene rings is 6. The largest absolute Gasteiger partial charge is 0.481 e. The highest BCUT2D eigenvalue weighted by Gasteiger charge is 2.36. The van der Waals surface area contributed by atoms with Crippen molar-refractivity contribution in [2.75, 3.05) is 26.2 Å². The molecule has 2 aliphatic rings. The number of carboxylic acid groups (broad SMARTS) is 1. The van der Waals surface area contributed by atoms with Gasteiger partial charge in [0.25, 0.3) is 11.8 Å². The van der Waals surface area contributed by atoms with Crippen LogP contribution in [0, 0.1) is 13.8 Å². The Morgan fingerprint density at radius 1 is 0.551 bits per heavy atom. The van der Waals surface area contributed by atoms with Gasteiger partial charge in [0.1, 0.15) is 5.60 Å². The normalized spacial score (nSPS) is 14.0. The minimum atomic E-state index is -4.57. The van der Waals surface area contributed by atoms with Crippen molar-refractivity contribution in [3.8, 4) is 67.9 Å². The van der Waals surface area contributed by atoms with Crippen molar-refractivity contribution in [3.05, 3.63) is 166 Å². The zero-order chi connectivity index (χ0) is 55.5. The summed E-state index contributed by atoms with van der Waals surface area (Å²) in [4.78, 5) is 36.2. The number of hydrogen-bond donors (Lipinski definition) is 1. The zero-order valence-electron chi connectivity index (χ0n) is 43.6. The molecule has 0 fully saturated rings. The van der Waals surface area contributed by atoms with Crippen LogP contribution in [0.5, 0.6) is 0 Å². The standard InChI is InChI=1S/C32H32F3N3O3.C28H24F3N3O3/c1-20-7-5-6-8-25(20)26-12-11-23(18-27(26)32(33,34)35)30-36-29(37-41-30)22-10-9-21-13-15-38(19-24(21)17-22)16-14-28(39)40-31(2,3)4;1-17-4-2-3-5-22(17)23-9-8-20(15-24(23)28(29,30)31)27-32-26(33-37-27)19-7-6-18-10-12-34(13-11-25(35)36)16-21(18)14-19/h5-12,17-18H,13-16,19H2,1-4H3;2-9,14-15H,10-13,16H2,1H3,(H,35,36). The van der Waals surface area contributed by atoms with Crippen LogP contribution in [-0.4, -0.2) is 78.9 Å². The minimum absolute atomic E-state index is 0.00219. The van der Waals surface area contributed by atoms with E-state index < -0.39 is 35.0 Å². The monoisotopic (exact) mass is 1070 g/mol. The van der Waals surface area contributed by atoms with Gasteiger partial charge in [-0.05, 0) is 139 Å². The highest BCUT2D eigenvalue weighted by Crippen LogP contribution is 2.42. The lowest BCUT2D eigenvalue weighted by Crippen LogP contribution is -2.33. The van der Waals surface area contributed by atoms with Crippen molar-refractivity contribution in [1.29, 1.82) is 0 Å². The molecule has 0 spiro atoms. The van der Waals surface area contributed by atoms with Gasteiger partial charge in [-0.3, -0.25) is 19.4 Å². The molecule has 6 aromatic carbocycles. The molecule has 1 N–H and O–H groups in total. The molecule has 2 aliphatic heterocycles. The van der Waals surface area contributed by atoms with Gasteiger partial charge in [0.2, 0.25) is 11.6 Å². The van der Waals surface area contributed by atoms with Gasteiger partial charge in [-0.2, -0.15) is 36.3 Å². The van der Waals surface area contributed by atoms with Gasteiger partial charge >= 0.3 is 24.3 Å². The molecule has 0 saturated carbocycles. The predicted molar refractivity (Wildman–Crippen MR) is 281 cm³/mol. The van der Waals surface area contributed by atoms with E-state index in [0.717, 1.165) is 60.3 Å². The van der Waals surface area contributed by atoms with E-state index in [2.05, 4.69) is 30.1 Å². The predicted octanol–water partition coefficient (Wildman–Crippen LogP) is 13.7. The summed E-state index contributed by atoms with van der Waals surface area (Å²) in [6.45, 7) is 13.0. The maximum Gasteiger partial charge on any atom is 0.417 e. The van der Waals surface area contributed by atoms with Crippen molar-refractivity contribution in [1.82, 2.24) is 30.1 Å². The van der Waals surface area contributed by atoms with Gasteiger partial charge in [-0.1, -0.05) is 95.2 Å². The second kappa shape index (κ2) is 22.6. The molecule has 0 aliphatic carbocycles. The molecule has 0 atom stereocenters. The summed E-state index contributed by atoms with van der Waals surface area (Å²) in [7, 11) is 0. The van der Waals surface area contributed by atoms with Crippen LogP contribution in [0.15, 0.2) is 130 Å². The number of aryl methyl sites for hydroxylation is 2. The fourth-order valence-electron chi connectivity index (χ4n) is 9.75. The third-order valence-electron chi connectivity index (χ3n) is 13.7. The number of aromatic nitrogens is 4. The first-order chi connectivity index (χ1) is 37.1. The Morgan fingerprint density at radius 3 is 1.38 bits per heavy atom. The van der Waals surface area contributed by atoms with E-state index in [1.165, 1.54) is 23.3 Å². The number of ether oxygens (including phenoxy) is 1. The van der Waals surface area contributed by atoms with Crippen LogP contribution in [0.2, 0.25) is 0 Å². The Bertz CT molecular complexity index is 3490. The van der Waals surface area contributed by atoms with Gasteiger partial charge in [-0.15, -0.1) is 0 Å². The molecule has 2 aromatic heterocycles. The summed E-state index contributed by atoms with van der Waals surface area (Å²) in [6.07, 6.45) is -7.10. The third-order valence-corrected chi connectivity index (χ3v) is 13.7. The first-order valence-electron chi connectivity index (χ1n) is 25.4. The number of fused-ring (bicyclic) bond motifs is 2. The Kier molecular flexibility index (Phi) is 15.9. The molecule has 0 amide bonds. The average molecular weight is 1070 g/mol. The molecule has 8 aromatic rings. The van der Waals surface area contributed by atoms with Gasteiger partial charge in [0.15, 0.2) is 0 Å². The second-order valence-electron chi connectivity index (χ2n) is 20.5. The number of halogens is 6. The number of nitrogens with zero attached hydrogens (tertiary/aromatic N) is 6. The zero-order valence-corrected chi connectivity index (χ0v) is 43.6. The molecular formula is C60H56F6N6O6. The summed E-state index contributed by atoms with van der Waals surface area (Å²) in [5, 5.41) is 17.0. The van der Waals surface area contributed by atoms with E-state index in [4.69, 9.17) is 18.9 Å². The van der Waals surface area contributed by atoms with Crippen molar-refractivity contribution in [2.45, 2.75) is 91.3 Å². The molecule has 78 heavy (non-hydrogen) atoms. The molecule has 0 radical (unpaired) electrons. The molecule has 18 heteroatoms. The molecule has 404 valence electrons. The van der Waals surface area contributed by atoms with E-state index in [1.54, 1.807) is 74.5 Å². The number of carbonyl (C=O) groups excluding carboxylic acids is 1. The van der Waals surface area contributed by atoms with Crippen molar-refractivity contribution >= 4 is 11.9 Å². The summed E-state index contributed by atoms with van der Waals surface area (Å²) < 4.78 is 101. The van der Waals surface area contributed by atoms with Crippen LogP contribution in [0.1, 0.15) is 78.1 Å². The van der Waals surface area contributed by atoms with Crippen molar-refractivity contribution in [3.63, 3.8) is 0 Å². The maximum absolute atomic E-state index is 14.1. The molecule has 10 rings (SSSR count). The number of hydrogen-bond acceptors (Lipinski definition) is 11. The quantitative estimate of drug-likeness (QED) is 0.0917. The van der Waals surface area contributed by atoms with E-state index in [-0.39, 0.29) is 52.2 Å². The highest BCUT2D eigenvalue weighted by molar-refractivity contribution is 5.76. The fraction of sp³-hybridized carbons (Fsp3) is 0.300. The summed E-state index contributed by atoms with van der Waals surface area (Å²) in [5.41, 5.74) is 6.95. The number of carbonyl (C=O) groups is 2. The van der Waals surface area contributed by atoms with Gasteiger partial charge < -0.3 is 18.9 Å². The summed E-state index contributed by atoms with van der Waals surface area (Å²) >= 11 is 0. The first kappa shape index (κ1) is 54.8. The van der Waals surface area contributed by atoms with Gasteiger partial charge in [0.05, 0.1) is 24.0 Å². The molecule has 4 heterocycles. The van der Waals surface area contributed by atoms with Crippen LogP contribution in [0.4, 0.5) is 26.3 Å². The van der Waals surface area contributed by atoms with E-state index in [0.29, 0.717) is 60.7 Å². The van der Waals surface area contributed by atoms with Crippen LogP contribution in [0.25, 0.3) is 67.9 Å². The topological polar surface area (TPSA) is 148 Å². The van der Waals surface area contributed by atoms with E-state index >= 15 is 0 Å². The Morgan fingerprint density at radius 2 is 0.974 bits per heavy atom. The van der Waals surface area contributed by atoms with Crippen molar-refractivity contribution in [2.24, 2.45) is 0 Å². The molecule has 0 bridgehead atoms. The fourth-order valence-corrected chi connectivity index (χ4v) is 9.75. The maximum atomic E-state index is 14.1.